The molecule has 2 nitrogen and oxygen atoms in total. The van der Waals surface area contributed by atoms with Gasteiger partial charge in [-0.1, -0.05) is 24.0 Å². The summed E-state index contributed by atoms with van der Waals surface area (Å²) in [5.41, 5.74) is -0.618. The van der Waals surface area contributed by atoms with Gasteiger partial charge < -0.3 is 5.32 Å². The van der Waals surface area contributed by atoms with E-state index in [4.69, 9.17) is 0 Å². The molecule has 0 atom stereocenters. The molecule has 0 amide bonds. The monoisotopic (exact) mass is 268 g/mol. The van der Waals surface area contributed by atoms with Crippen molar-refractivity contribution in [3.63, 3.8) is 0 Å². The second-order valence-electron chi connectivity index (χ2n) is 4.37. The summed E-state index contributed by atoms with van der Waals surface area (Å²) in [6.45, 7) is 4.08. The first kappa shape index (κ1) is 13.9. The largest absolute Gasteiger partial charge is 0.417 e. The van der Waals surface area contributed by atoms with Gasteiger partial charge in [0.25, 0.3) is 0 Å². The topological polar surface area (TPSA) is 15.3 Å². The predicted molar refractivity (Wildman–Crippen MR) is 67.6 cm³/mol. The fourth-order valence-corrected chi connectivity index (χ4v) is 1.96. The summed E-state index contributed by atoms with van der Waals surface area (Å²) in [5.74, 6) is 5.47. The number of hydrogen-bond acceptors (Lipinski definition) is 2. The van der Waals surface area contributed by atoms with Crippen molar-refractivity contribution in [2.75, 3.05) is 32.7 Å². The highest BCUT2D eigenvalue weighted by Gasteiger charge is 2.32. The molecule has 1 heterocycles. The molecule has 1 aromatic carbocycles. The fourth-order valence-electron chi connectivity index (χ4n) is 1.96. The Morgan fingerprint density at radius 3 is 2.53 bits per heavy atom. The van der Waals surface area contributed by atoms with Crippen molar-refractivity contribution in [2.24, 2.45) is 0 Å². The zero-order valence-electron chi connectivity index (χ0n) is 10.4. The molecule has 0 radical (unpaired) electrons. The van der Waals surface area contributed by atoms with Crippen LogP contribution in [0.3, 0.4) is 0 Å². The molecular weight excluding hydrogens is 253 g/mol. The number of rotatable bonds is 1. The molecular formula is C14H15F3N2. The van der Waals surface area contributed by atoms with Gasteiger partial charge in [-0.3, -0.25) is 4.90 Å². The van der Waals surface area contributed by atoms with Crippen molar-refractivity contribution in [1.29, 1.82) is 0 Å². The van der Waals surface area contributed by atoms with Gasteiger partial charge in [0.05, 0.1) is 12.1 Å². The third-order valence-corrected chi connectivity index (χ3v) is 2.97. The summed E-state index contributed by atoms with van der Waals surface area (Å²) in [5, 5.41) is 3.21. The van der Waals surface area contributed by atoms with Crippen LogP contribution in [0.5, 0.6) is 0 Å². The normalized spacial score (nSPS) is 16.8. The number of piperazine rings is 1. The molecule has 0 saturated carbocycles. The van der Waals surface area contributed by atoms with Crippen LogP contribution in [-0.4, -0.2) is 37.6 Å². The standard InChI is InChI=1S/C14H15F3N2/c15-14(16,17)13-6-2-1-4-12(13)5-3-9-19-10-7-18-8-11-19/h1-2,4,6,18H,7-11H2. The van der Waals surface area contributed by atoms with E-state index in [1.54, 1.807) is 6.07 Å². The molecule has 1 N–H and O–H groups in total. The first-order chi connectivity index (χ1) is 9.07. The number of nitrogens with one attached hydrogen (secondary N) is 1. The molecule has 1 aromatic rings. The van der Waals surface area contributed by atoms with Gasteiger partial charge in [-0.05, 0) is 12.1 Å². The maximum absolute atomic E-state index is 12.7. The van der Waals surface area contributed by atoms with Gasteiger partial charge in [0.1, 0.15) is 0 Å². The van der Waals surface area contributed by atoms with Crippen LogP contribution in [0, 0.1) is 11.8 Å². The maximum atomic E-state index is 12.7. The van der Waals surface area contributed by atoms with Gasteiger partial charge in [0.15, 0.2) is 0 Å². The van der Waals surface area contributed by atoms with Crippen molar-refractivity contribution in [3.8, 4) is 11.8 Å². The maximum Gasteiger partial charge on any atom is 0.417 e. The SMILES string of the molecule is FC(F)(F)c1ccccc1C#CCN1CCNCC1. The summed E-state index contributed by atoms with van der Waals surface area (Å²) in [7, 11) is 0. The fraction of sp³-hybridized carbons (Fsp3) is 0.429. The van der Waals surface area contributed by atoms with E-state index in [9.17, 15) is 13.2 Å². The summed E-state index contributed by atoms with van der Waals surface area (Å²) in [4.78, 5) is 2.12. The summed E-state index contributed by atoms with van der Waals surface area (Å²) in [6.07, 6.45) is -4.35. The van der Waals surface area contributed by atoms with Crippen LogP contribution in [0.2, 0.25) is 0 Å². The molecule has 1 saturated heterocycles. The Labute approximate surface area is 110 Å². The number of nitrogens with zero attached hydrogens (tertiary/aromatic N) is 1. The van der Waals surface area contributed by atoms with Gasteiger partial charge in [-0.2, -0.15) is 13.2 Å². The van der Waals surface area contributed by atoms with Crippen LogP contribution in [0.4, 0.5) is 13.2 Å². The van der Waals surface area contributed by atoms with Gasteiger partial charge in [0, 0.05) is 31.7 Å². The van der Waals surface area contributed by atoms with Crippen LogP contribution in [0.25, 0.3) is 0 Å². The third-order valence-electron chi connectivity index (χ3n) is 2.97. The zero-order valence-corrected chi connectivity index (χ0v) is 10.4. The highest BCUT2D eigenvalue weighted by Crippen LogP contribution is 2.31. The molecule has 0 unspecified atom stereocenters. The number of alkyl halides is 3. The lowest BCUT2D eigenvalue weighted by atomic mass is 10.1. The Kier molecular flexibility index (Phi) is 4.46. The minimum Gasteiger partial charge on any atom is -0.314 e. The quantitative estimate of drug-likeness (QED) is 0.783. The minimum absolute atomic E-state index is 0.0464. The molecule has 0 bridgehead atoms. The molecule has 1 fully saturated rings. The Morgan fingerprint density at radius 2 is 1.84 bits per heavy atom. The average Bonchev–Trinajstić information content (AvgIpc) is 2.39. The smallest absolute Gasteiger partial charge is 0.314 e. The van der Waals surface area contributed by atoms with Crippen LogP contribution in [0.1, 0.15) is 11.1 Å². The van der Waals surface area contributed by atoms with E-state index in [2.05, 4.69) is 22.1 Å². The first-order valence-corrected chi connectivity index (χ1v) is 6.15. The average molecular weight is 268 g/mol. The first-order valence-electron chi connectivity index (χ1n) is 6.15. The van der Waals surface area contributed by atoms with E-state index in [1.807, 2.05) is 0 Å². The van der Waals surface area contributed by atoms with Crippen LogP contribution < -0.4 is 5.32 Å². The van der Waals surface area contributed by atoms with E-state index in [-0.39, 0.29) is 5.56 Å². The van der Waals surface area contributed by atoms with E-state index in [1.165, 1.54) is 12.1 Å². The van der Waals surface area contributed by atoms with Crippen molar-refractivity contribution >= 4 is 0 Å². The predicted octanol–water partition coefficient (Wildman–Crippen LogP) is 1.96. The van der Waals surface area contributed by atoms with Crippen LogP contribution in [-0.2, 0) is 6.18 Å². The highest BCUT2D eigenvalue weighted by atomic mass is 19.4. The Hall–Kier alpha value is -1.51. The Balaban J connectivity index is 2.07. The van der Waals surface area contributed by atoms with E-state index in [0.717, 1.165) is 32.2 Å². The van der Waals surface area contributed by atoms with Crippen molar-refractivity contribution in [2.45, 2.75) is 6.18 Å². The second kappa shape index (κ2) is 6.09. The summed E-state index contributed by atoms with van der Waals surface area (Å²) >= 11 is 0. The molecule has 5 heteroatoms. The molecule has 102 valence electrons. The number of hydrogen-bond donors (Lipinski definition) is 1. The zero-order chi connectivity index (χ0) is 13.7. The lowest BCUT2D eigenvalue weighted by molar-refractivity contribution is -0.137. The van der Waals surface area contributed by atoms with E-state index >= 15 is 0 Å². The molecule has 2 rings (SSSR count). The molecule has 0 aromatic heterocycles. The van der Waals surface area contributed by atoms with E-state index in [0.29, 0.717) is 6.54 Å². The lowest BCUT2D eigenvalue weighted by Gasteiger charge is -2.24. The minimum atomic E-state index is -4.35. The highest BCUT2D eigenvalue weighted by molar-refractivity contribution is 5.42. The number of halogens is 3. The summed E-state index contributed by atoms with van der Waals surface area (Å²) < 4.78 is 38.2. The Morgan fingerprint density at radius 1 is 1.16 bits per heavy atom. The third kappa shape index (κ3) is 3.98. The Bertz CT molecular complexity index is 479. The summed E-state index contributed by atoms with van der Waals surface area (Å²) in [6, 6.07) is 5.43. The van der Waals surface area contributed by atoms with Gasteiger partial charge in [0.2, 0.25) is 0 Å². The van der Waals surface area contributed by atoms with Crippen LogP contribution in [0.15, 0.2) is 24.3 Å². The van der Waals surface area contributed by atoms with Gasteiger partial charge >= 0.3 is 6.18 Å². The van der Waals surface area contributed by atoms with E-state index < -0.39 is 11.7 Å². The van der Waals surface area contributed by atoms with Crippen molar-refractivity contribution in [3.05, 3.63) is 35.4 Å². The molecule has 1 aliphatic heterocycles. The second-order valence-corrected chi connectivity index (χ2v) is 4.37. The van der Waals surface area contributed by atoms with Crippen molar-refractivity contribution in [1.82, 2.24) is 10.2 Å². The van der Waals surface area contributed by atoms with Gasteiger partial charge in [-0.15, -0.1) is 0 Å². The van der Waals surface area contributed by atoms with Crippen LogP contribution >= 0.6 is 0 Å². The molecule has 0 aliphatic carbocycles. The van der Waals surface area contributed by atoms with Gasteiger partial charge in [-0.25, -0.2) is 0 Å². The molecule has 19 heavy (non-hydrogen) atoms. The lowest BCUT2D eigenvalue weighted by Crippen LogP contribution is -2.43. The number of benzene rings is 1. The molecule has 1 aliphatic rings. The van der Waals surface area contributed by atoms with Crippen molar-refractivity contribution < 1.29 is 13.2 Å². The molecule has 0 spiro atoms.